The Hall–Kier alpha value is -2.42. The largest absolute Gasteiger partial charge is 0.457 e. The van der Waals surface area contributed by atoms with Gasteiger partial charge in [0.1, 0.15) is 17.8 Å². The van der Waals surface area contributed by atoms with Gasteiger partial charge in [-0.15, -0.1) is 0 Å². The minimum absolute atomic E-state index is 0.0249. The second-order valence-corrected chi connectivity index (χ2v) is 3.87. The summed E-state index contributed by atoms with van der Waals surface area (Å²) in [6.45, 7) is 1.52. The van der Waals surface area contributed by atoms with E-state index in [1.807, 2.05) is 0 Å². The third-order valence-electron chi connectivity index (χ3n) is 2.51. The lowest BCUT2D eigenvalue weighted by Gasteiger charge is -2.06. The normalized spacial score (nSPS) is 9.83. The van der Waals surface area contributed by atoms with Gasteiger partial charge in [-0.2, -0.15) is 0 Å². The van der Waals surface area contributed by atoms with Gasteiger partial charge >= 0.3 is 0 Å². The molecule has 3 nitrogen and oxygen atoms in total. The predicted octanol–water partition coefficient (Wildman–Crippen LogP) is 3.49. The Labute approximate surface area is 105 Å². The van der Waals surface area contributed by atoms with Gasteiger partial charge in [-0.1, -0.05) is 0 Å². The first-order valence-electron chi connectivity index (χ1n) is 5.53. The molecule has 0 atom stereocenters. The molecule has 0 spiro atoms. The quantitative estimate of drug-likeness (QED) is 0.606. The first-order chi connectivity index (χ1) is 8.69. The number of hydrogen-bond donors (Lipinski definition) is 0. The van der Waals surface area contributed by atoms with Crippen LogP contribution in [-0.2, 0) is 0 Å². The van der Waals surface area contributed by atoms with Crippen LogP contribution in [-0.4, -0.2) is 12.1 Å². The van der Waals surface area contributed by atoms with Gasteiger partial charge in [-0.3, -0.25) is 9.59 Å². The molecule has 0 bridgehead atoms. The molecule has 2 aromatic carbocycles. The summed E-state index contributed by atoms with van der Waals surface area (Å²) in [4.78, 5) is 21.6. The molecule has 90 valence electrons. The van der Waals surface area contributed by atoms with Gasteiger partial charge in [-0.25, -0.2) is 0 Å². The molecule has 0 aliphatic carbocycles. The number of benzene rings is 2. The molecule has 18 heavy (non-hydrogen) atoms. The van der Waals surface area contributed by atoms with Crippen LogP contribution in [0.15, 0.2) is 48.5 Å². The Balaban J connectivity index is 2.12. The lowest BCUT2D eigenvalue weighted by molar-refractivity contribution is 0.101. The number of aldehydes is 1. The Kier molecular flexibility index (Phi) is 3.53. The van der Waals surface area contributed by atoms with E-state index >= 15 is 0 Å². The Morgan fingerprint density at radius 1 is 0.944 bits per heavy atom. The molecule has 0 N–H and O–H groups in total. The topological polar surface area (TPSA) is 43.4 Å². The van der Waals surface area contributed by atoms with E-state index in [2.05, 4.69) is 0 Å². The summed E-state index contributed by atoms with van der Waals surface area (Å²) >= 11 is 0. The van der Waals surface area contributed by atoms with Gasteiger partial charge < -0.3 is 4.74 Å². The molecule has 0 saturated carbocycles. The van der Waals surface area contributed by atoms with Crippen LogP contribution in [0.4, 0.5) is 0 Å². The monoisotopic (exact) mass is 240 g/mol. The summed E-state index contributed by atoms with van der Waals surface area (Å²) in [5, 5.41) is 0. The minimum atomic E-state index is 0.0249. The number of rotatable bonds is 4. The number of ketones is 1. The second-order valence-electron chi connectivity index (χ2n) is 3.87. The molecule has 0 heterocycles. The van der Waals surface area contributed by atoms with Crippen LogP contribution in [0, 0.1) is 0 Å². The smallest absolute Gasteiger partial charge is 0.159 e. The first kappa shape index (κ1) is 12.0. The molecule has 0 saturated heterocycles. The highest BCUT2D eigenvalue weighted by Gasteiger charge is 2.01. The van der Waals surface area contributed by atoms with E-state index in [0.29, 0.717) is 22.6 Å². The van der Waals surface area contributed by atoms with Crippen molar-refractivity contribution < 1.29 is 14.3 Å². The summed E-state index contributed by atoms with van der Waals surface area (Å²) in [6, 6.07) is 13.7. The van der Waals surface area contributed by atoms with Gasteiger partial charge in [0.15, 0.2) is 5.78 Å². The molecular weight excluding hydrogens is 228 g/mol. The summed E-state index contributed by atoms with van der Waals surface area (Å²) in [7, 11) is 0. The average molecular weight is 240 g/mol. The van der Waals surface area contributed by atoms with Crippen LogP contribution in [0.25, 0.3) is 0 Å². The molecule has 0 radical (unpaired) electrons. The maximum absolute atomic E-state index is 11.1. The minimum Gasteiger partial charge on any atom is -0.457 e. The number of carbonyl (C=O) groups is 2. The van der Waals surface area contributed by atoms with Crippen molar-refractivity contribution >= 4 is 12.1 Å². The first-order valence-corrected chi connectivity index (χ1v) is 5.53. The van der Waals surface area contributed by atoms with E-state index in [0.717, 1.165) is 6.29 Å². The summed E-state index contributed by atoms with van der Waals surface area (Å²) in [6.07, 6.45) is 0.783. The second kappa shape index (κ2) is 5.27. The fourth-order valence-corrected chi connectivity index (χ4v) is 1.51. The lowest BCUT2D eigenvalue weighted by atomic mass is 10.1. The molecule has 0 aliphatic rings. The molecule has 3 heteroatoms. The highest BCUT2D eigenvalue weighted by molar-refractivity contribution is 5.94. The molecule has 2 aromatic rings. The van der Waals surface area contributed by atoms with Gasteiger partial charge in [-0.05, 0) is 55.5 Å². The third kappa shape index (κ3) is 2.83. The molecule has 0 amide bonds. The maximum Gasteiger partial charge on any atom is 0.159 e. The molecular formula is C15H12O3. The van der Waals surface area contributed by atoms with Crippen molar-refractivity contribution in [3.8, 4) is 11.5 Å². The highest BCUT2D eigenvalue weighted by Crippen LogP contribution is 2.21. The molecule has 0 aliphatic heterocycles. The van der Waals surface area contributed by atoms with Crippen molar-refractivity contribution in [2.75, 3.05) is 0 Å². The van der Waals surface area contributed by atoms with Gasteiger partial charge in [0.05, 0.1) is 0 Å². The zero-order valence-electron chi connectivity index (χ0n) is 9.92. The van der Waals surface area contributed by atoms with Crippen molar-refractivity contribution in [1.29, 1.82) is 0 Å². The molecule has 0 fully saturated rings. The van der Waals surface area contributed by atoms with Crippen LogP contribution in [0.5, 0.6) is 11.5 Å². The number of ether oxygens (including phenoxy) is 1. The molecule has 2 rings (SSSR count). The zero-order valence-corrected chi connectivity index (χ0v) is 9.92. The fourth-order valence-electron chi connectivity index (χ4n) is 1.51. The van der Waals surface area contributed by atoms with E-state index in [9.17, 15) is 9.59 Å². The Bertz CT molecular complexity index is 553. The van der Waals surface area contributed by atoms with Crippen molar-refractivity contribution in [3.63, 3.8) is 0 Å². The van der Waals surface area contributed by atoms with Gasteiger partial charge in [0, 0.05) is 11.1 Å². The van der Waals surface area contributed by atoms with Crippen molar-refractivity contribution in [2.24, 2.45) is 0 Å². The summed E-state index contributed by atoms with van der Waals surface area (Å²) in [5.41, 5.74) is 1.26. The molecule has 0 unspecified atom stereocenters. The third-order valence-corrected chi connectivity index (χ3v) is 2.51. The summed E-state index contributed by atoms with van der Waals surface area (Å²) < 4.78 is 5.59. The Morgan fingerprint density at radius 3 is 1.89 bits per heavy atom. The lowest BCUT2D eigenvalue weighted by Crippen LogP contribution is -1.91. The Morgan fingerprint density at radius 2 is 1.44 bits per heavy atom. The van der Waals surface area contributed by atoms with Crippen molar-refractivity contribution in [1.82, 2.24) is 0 Å². The van der Waals surface area contributed by atoms with Crippen molar-refractivity contribution in [3.05, 3.63) is 59.7 Å². The number of Topliss-reactive ketones (excluding diaryl/α,β-unsaturated/α-hetero) is 1. The van der Waals surface area contributed by atoms with Gasteiger partial charge in [0.2, 0.25) is 0 Å². The SMILES string of the molecule is CC(=O)c1ccc(Oc2ccc(C=O)cc2)cc1. The van der Waals surface area contributed by atoms with Crippen LogP contribution < -0.4 is 4.74 Å². The van der Waals surface area contributed by atoms with Crippen LogP contribution >= 0.6 is 0 Å². The zero-order chi connectivity index (χ0) is 13.0. The highest BCUT2D eigenvalue weighted by atomic mass is 16.5. The van der Waals surface area contributed by atoms with Crippen molar-refractivity contribution in [2.45, 2.75) is 6.92 Å². The van der Waals surface area contributed by atoms with E-state index in [1.165, 1.54) is 6.92 Å². The van der Waals surface area contributed by atoms with Crippen LogP contribution in [0.1, 0.15) is 27.6 Å². The van der Waals surface area contributed by atoms with E-state index in [-0.39, 0.29) is 5.78 Å². The standard InChI is InChI=1S/C15H12O3/c1-11(17)13-4-8-15(9-5-13)18-14-6-2-12(10-16)3-7-14/h2-10H,1H3. The number of hydrogen-bond acceptors (Lipinski definition) is 3. The average Bonchev–Trinajstić information content (AvgIpc) is 2.40. The van der Waals surface area contributed by atoms with Gasteiger partial charge in [0.25, 0.3) is 0 Å². The maximum atomic E-state index is 11.1. The fraction of sp³-hybridized carbons (Fsp3) is 0.0667. The molecule has 0 aromatic heterocycles. The van der Waals surface area contributed by atoms with E-state index in [4.69, 9.17) is 4.74 Å². The van der Waals surface area contributed by atoms with Crippen LogP contribution in [0.2, 0.25) is 0 Å². The van der Waals surface area contributed by atoms with E-state index < -0.39 is 0 Å². The number of carbonyl (C=O) groups excluding carboxylic acids is 2. The summed E-state index contributed by atoms with van der Waals surface area (Å²) in [5.74, 6) is 1.33. The van der Waals surface area contributed by atoms with E-state index in [1.54, 1.807) is 48.5 Å². The van der Waals surface area contributed by atoms with Crippen LogP contribution in [0.3, 0.4) is 0 Å². The predicted molar refractivity (Wildman–Crippen MR) is 68.4 cm³/mol.